The van der Waals surface area contributed by atoms with E-state index in [1.54, 1.807) is 23.5 Å². The highest BCUT2D eigenvalue weighted by Crippen LogP contribution is 2.17. The standard InChI is InChI=1S/C18H22FN3OS.2ClH/c1-20-15-6-8-22(9-7-15)18(23)11-16-12-24-17(21-16)10-13-2-4-14(19)5-3-13;;/h2-5,12,15,20H,6-11H2,1H3;2*1H. The highest BCUT2D eigenvalue weighted by atomic mass is 35.5. The lowest BCUT2D eigenvalue weighted by Gasteiger charge is -2.31. The summed E-state index contributed by atoms with van der Waals surface area (Å²) in [7, 11) is 1.97. The fourth-order valence-electron chi connectivity index (χ4n) is 2.97. The molecule has 0 bridgehead atoms. The maximum absolute atomic E-state index is 12.9. The zero-order chi connectivity index (χ0) is 16.9. The lowest BCUT2D eigenvalue weighted by atomic mass is 10.0. The van der Waals surface area contributed by atoms with Crippen LogP contribution in [0.15, 0.2) is 29.6 Å². The molecule has 2 aromatic rings. The summed E-state index contributed by atoms with van der Waals surface area (Å²) >= 11 is 1.56. The fraction of sp³-hybridized carbons (Fsp3) is 0.444. The largest absolute Gasteiger partial charge is 0.342 e. The third-order valence-electron chi connectivity index (χ3n) is 4.46. The van der Waals surface area contributed by atoms with Crippen molar-refractivity contribution in [1.29, 1.82) is 0 Å². The Hall–Kier alpha value is -1.21. The number of amides is 1. The van der Waals surface area contributed by atoms with Gasteiger partial charge in [0.05, 0.1) is 17.1 Å². The van der Waals surface area contributed by atoms with Gasteiger partial charge in [0.1, 0.15) is 5.82 Å². The summed E-state index contributed by atoms with van der Waals surface area (Å²) in [6, 6.07) is 6.99. The van der Waals surface area contributed by atoms with Gasteiger partial charge in [0.25, 0.3) is 0 Å². The Morgan fingerprint density at radius 3 is 2.54 bits per heavy atom. The van der Waals surface area contributed by atoms with Crippen LogP contribution in [0.2, 0.25) is 0 Å². The number of rotatable bonds is 5. The summed E-state index contributed by atoms with van der Waals surface area (Å²) in [5, 5.41) is 6.18. The second-order valence-corrected chi connectivity index (χ2v) is 7.10. The van der Waals surface area contributed by atoms with Crippen molar-refractivity contribution in [2.24, 2.45) is 0 Å². The Morgan fingerprint density at radius 2 is 1.92 bits per heavy atom. The molecule has 0 radical (unpaired) electrons. The van der Waals surface area contributed by atoms with Crippen molar-refractivity contribution in [2.45, 2.75) is 31.7 Å². The monoisotopic (exact) mass is 419 g/mol. The van der Waals surface area contributed by atoms with Crippen LogP contribution in [0.25, 0.3) is 0 Å². The van der Waals surface area contributed by atoms with Gasteiger partial charge in [-0.15, -0.1) is 36.2 Å². The highest BCUT2D eigenvalue weighted by molar-refractivity contribution is 7.09. The predicted octanol–water partition coefficient (Wildman–Crippen LogP) is 3.47. The number of thiazole rings is 1. The molecule has 1 aliphatic heterocycles. The molecule has 1 aliphatic rings. The van der Waals surface area contributed by atoms with Gasteiger partial charge in [-0.2, -0.15) is 0 Å². The number of benzene rings is 1. The first-order valence-electron chi connectivity index (χ1n) is 8.27. The summed E-state index contributed by atoms with van der Waals surface area (Å²) in [6.45, 7) is 1.63. The van der Waals surface area contributed by atoms with E-state index in [0.29, 0.717) is 18.9 Å². The number of hydrogen-bond acceptors (Lipinski definition) is 4. The lowest BCUT2D eigenvalue weighted by Crippen LogP contribution is -2.44. The van der Waals surface area contributed by atoms with Gasteiger partial charge in [-0.25, -0.2) is 9.37 Å². The average molecular weight is 420 g/mol. The highest BCUT2D eigenvalue weighted by Gasteiger charge is 2.22. The van der Waals surface area contributed by atoms with Gasteiger partial charge in [0, 0.05) is 30.9 Å². The van der Waals surface area contributed by atoms with E-state index in [1.807, 2.05) is 17.3 Å². The SMILES string of the molecule is CNC1CCN(C(=O)Cc2csc(Cc3ccc(F)cc3)n2)CC1.Cl.Cl. The number of carbonyl (C=O) groups is 1. The Balaban J connectivity index is 0.00000169. The van der Waals surface area contributed by atoms with Crippen molar-refractivity contribution in [3.63, 3.8) is 0 Å². The maximum Gasteiger partial charge on any atom is 0.228 e. The molecule has 1 aromatic carbocycles. The van der Waals surface area contributed by atoms with Crippen molar-refractivity contribution in [3.05, 3.63) is 51.7 Å². The minimum atomic E-state index is -0.230. The summed E-state index contributed by atoms with van der Waals surface area (Å²) in [4.78, 5) is 18.9. The van der Waals surface area contributed by atoms with E-state index in [1.165, 1.54) is 12.1 Å². The first kappa shape index (κ1) is 22.8. The van der Waals surface area contributed by atoms with Crippen LogP contribution in [0.3, 0.4) is 0 Å². The zero-order valence-electron chi connectivity index (χ0n) is 14.6. The molecule has 2 heterocycles. The van der Waals surface area contributed by atoms with Crippen molar-refractivity contribution >= 4 is 42.1 Å². The van der Waals surface area contributed by atoms with E-state index in [9.17, 15) is 9.18 Å². The van der Waals surface area contributed by atoms with Crippen LogP contribution in [-0.4, -0.2) is 42.0 Å². The first-order chi connectivity index (χ1) is 11.6. The number of aromatic nitrogens is 1. The van der Waals surface area contributed by atoms with E-state index >= 15 is 0 Å². The second kappa shape index (κ2) is 10.8. The molecule has 144 valence electrons. The number of nitrogens with zero attached hydrogens (tertiary/aromatic N) is 2. The molecule has 1 saturated heterocycles. The molecule has 1 fully saturated rings. The summed E-state index contributed by atoms with van der Waals surface area (Å²) in [5.41, 5.74) is 1.86. The molecule has 0 unspecified atom stereocenters. The van der Waals surface area contributed by atoms with Gasteiger partial charge in [-0.3, -0.25) is 4.79 Å². The Bertz CT molecular complexity index is 688. The molecule has 1 aromatic heterocycles. The van der Waals surface area contributed by atoms with Crippen molar-refractivity contribution in [2.75, 3.05) is 20.1 Å². The van der Waals surface area contributed by atoms with Crippen molar-refractivity contribution in [3.8, 4) is 0 Å². The molecule has 1 amide bonds. The van der Waals surface area contributed by atoms with Gasteiger partial charge in [0.15, 0.2) is 0 Å². The Labute approximate surface area is 170 Å². The minimum absolute atomic E-state index is 0. The number of hydrogen-bond donors (Lipinski definition) is 1. The van der Waals surface area contributed by atoms with Crippen LogP contribution in [0.4, 0.5) is 4.39 Å². The Kier molecular flexibility index (Phi) is 9.50. The molecule has 3 rings (SSSR count). The van der Waals surface area contributed by atoms with Gasteiger partial charge < -0.3 is 10.2 Å². The average Bonchev–Trinajstić information content (AvgIpc) is 3.04. The molecule has 0 saturated carbocycles. The minimum Gasteiger partial charge on any atom is -0.342 e. The normalized spacial score (nSPS) is 14.5. The third kappa shape index (κ3) is 6.20. The van der Waals surface area contributed by atoms with Crippen LogP contribution >= 0.6 is 36.2 Å². The number of likely N-dealkylation sites (tertiary alicyclic amines) is 1. The van der Waals surface area contributed by atoms with Crippen molar-refractivity contribution in [1.82, 2.24) is 15.2 Å². The quantitative estimate of drug-likeness (QED) is 0.806. The molecular formula is C18H24Cl2FN3OS. The van der Waals surface area contributed by atoms with E-state index < -0.39 is 0 Å². The van der Waals surface area contributed by atoms with Gasteiger partial charge in [-0.1, -0.05) is 12.1 Å². The Morgan fingerprint density at radius 1 is 1.27 bits per heavy atom. The molecule has 0 atom stereocenters. The van der Waals surface area contributed by atoms with Crippen LogP contribution in [0, 0.1) is 5.82 Å². The molecule has 4 nitrogen and oxygen atoms in total. The van der Waals surface area contributed by atoms with Crippen LogP contribution in [0.1, 0.15) is 29.1 Å². The number of nitrogens with one attached hydrogen (secondary N) is 1. The first-order valence-corrected chi connectivity index (χ1v) is 9.15. The molecule has 26 heavy (non-hydrogen) atoms. The number of piperidine rings is 1. The van der Waals surface area contributed by atoms with E-state index in [0.717, 1.165) is 42.2 Å². The van der Waals surface area contributed by atoms with Gasteiger partial charge in [-0.05, 0) is 37.6 Å². The molecule has 1 N–H and O–H groups in total. The van der Waals surface area contributed by atoms with E-state index in [2.05, 4.69) is 10.3 Å². The maximum atomic E-state index is 12.9. The van der Waals surface area contributed by atoms with Crippen LogP contribution < -0.4 is 5.32 Å². The van der Waals surface area contributed by atoms with E-state index in [4.69, 9.17) is 0 Å². The topological polar surface area (TPSA) is 45.2 Å². The van der Waals surface area contributed by atoms with E-state index in [-0.39, 0.29) is 36.5 Å². The molecule has 0 spiro atoms. The zero-order valence-corrected chi connectivity index (χ0v) is 17.1. The predicted molar refractivity (Wildman–Crippen MR) is 108 cm³/mol. The van der Waals surface area contributed by atoms with Crippen molar-refractivity contribution < 1.29 is 9.18 Å². The molecule has 8 heteroatoms. The third-order valence-corrected chi connectivity index (χ3v) is 5.35. The summed E-state index contributed by atoms with van der Waals surface area (Å²) < 4.78 is 12.9. The van der Waals surface area contributed by atoms with Crippen LogP contribution in [0.5, 0.6) is 0 Å². The van der Waals surface area contributed by atoms with Gasteiger partial charge in [0.2, 0.25) is 5.91 Å². The smallest absolute Gasteiger partial charge is 0.228 e. The summed E-state index contributed by atoms with van der Waals surface area (Å²) in [5.74, 6) is -0.0746. The molecular weight excluding hydrogens is 396 g/mol. The van der Waals surface area contributed by atoms with Gasteiger partial charge >= 0.3 is 0 Å². The summed E-state index contributed by atoms with van der Waals surface area (Å²) in [6.07, 6.45) is 3.06. The fourth-order valence-corrected chi connectivity index (χ4v) is 3.80. The second-order valence-electron chi connectivity index (χ2n) is 6.16. The lowest BCUT2D eigenvalue weighted by molar-refractivity contribution is -0.131. The molecule has 0 aliphatic carbocycles. The number of carbonyl (C=O) groups excluding carboxylic acids is 1. The van der Waals surface area contributed by atoms with Crippen LogP contribution in [-0.2, 0) is 17.6 Å². The number of halogens is 3.